The van der Waals surface area contributed by atoms with E-state index in [1.807, 2.05) is 10.6 Å². The lowest BCUT2D eigenvalue weighted by atomic mass is 9.68. The quantitative estimate of drug-likeness (QED) is 0.842. The lowest BCUT2D eigenvalue weighted by molar-refractivity contribution is -0.127. The van der Waals surface area contributed by atoms with Crippen LogP contribution in [0.1, 0.15) is 32.1 Å². The van der Waals surface area contributed by atoms with Gasteiger partial charge in [-0.05, 0) is 25.7 Å². The lowest BCUT2D eigenvalue weighted by Gasteiger charge is -2.51. The van der Waals surface area contributed by atoms with E-state index in [0.29, 0.717) is 6.42 Å². The zero-order chi connectivity index (χ0) is 13.6. The second-order valence-electron chi connectivity index (χ2n) is 5.63. The van der Waals surface area contributed by atoms with Crippen LogP contribution in [0.25, 0.3) is 5.65 Å². The van der Waals surface area contributed by atoms with E-state index in [-0.39, 0.29) is 17.5 Å². The molecule has 1 spiro atoms. The van der Waals surface area contributed by atoms with Gasteiger partial charge in [0.2, 0.25) is 11.6 Å². The zero-order valence-electron chi connectivity index (χ0n) is 11.0. The molecule has 2 aliphatic rings. The average molecular weight is 272 g/mol. The fraction of sp³-hybridized carbons (Fsp3) is 0.538. The molecule has 3 heterocycles. The number of rotatable bonds is 2. The van der Waals surface area contributed by atoms with Gasteiger partial charge in [-0.15, -0.1) is 10.2 Å². The Morgan fingerprint density at radius 1 is 1.45 bits per heavy atom. The summed E-state index contributed by atoms with van der Waals surface area (Å²) in [5.74, 6) is 0.897. The number of piperidine rings is 1. The maximum atomic E-state index is 11.7. The van der Waals surface area contributed by atoms with Gasteiger partial charge >= 0.3 is 0 Å². The summed E-state index contributed by atoms with van der Waals surface area (Å²) in [7, 11) is 0. The molecule has 4 rings (SSSR count). The van der Waals surface area contributed by atoms with Gasteiger partial charge in [-0.2, -0.15) is 0 Å². The van der Waals surface area contributed by atoms with E-state index in [0.717, 1.165) is 30.7 Å². The number of nitrogens with one attached hydrogen (secondary N) is 2. The molecule has 0 bridgehead atoms. The fourth-order valence-electron chi connectivity index (χ4n) is 3.25. The number of nitrogens with zero attached hydrogens (tertiary/aromatic N) is 4. The summed E-state index contributed by atoms with van der Waals surface area (Å²) >= 11 is 0. The third-order valence-corrected chi connectivity index (χ3v) is 4.49. The van der Waals surface area contributed by atoms with Crippen LogP contribution in [0.3, 0.4) is 0 Å². The minimum atomic E-state index is -0.0934. The van der Waals surface area contributed by atoms with Crippen LogP contribution >= 0.6 is 0 Å². The molecule has 2 N–H and O–H groups in total. The number of carbonyl (C=O) groups is 1. The number of carbonyl (C=O) groups excluding carboxylic acids is 1. The highest BCUT2D eigenvalue weighted by molar-refractivity contribution is 5.79. The SMILES string of the molecule is O=C1CCC(Nc2nccn3cnnc23)C2(CCC2)N1. The molecule has 7 heteroatoms. The molecule has 1 aliphatic heterocycles. The van der Waals surface area contributed by atoms with Crippen molar-refractivity contribution in [1.29, 1.82) is 0 Å². The minimum absolute atomic E-state index is 0.0934. The number of amides is 1. The Bertz CT molecular complexity index is 662. The van der Waals surface area contributed by atoms with Crippen LogP contribution in [-0.4, -0.2) is 37.1 Å². The first-order chi connectivity index (χ1) is 9.77. The summed E-state index contributed by atoms with van der Waals surface area (Å²) in [5, 5.41) is 14.6. The van der Waals surface area contributed by atoms with Crippen molar-refractivity contribution in [3.63, 3.8) is 0 Å². The molecule has 7 nitrogen and oxygen atoms in total. The normalized spacial score (nSPS) is 24.4. The van der Waals surface area contributed by atoms with Crippen LogP contribution < -0.4 is 10.6 Å². The molecular weight excluding hydrogens is 256 g/mol. The van der Waals surface area contributed by atoms with Crippen molar-refractivity contribution in [2.75, 3.05) is 5.32 Å². The highest BCUT2D eigenvalue weighted by atomic mass is 16.1. The van der Waals surface area contributed by atoms with E-state index >= 15 is 0 Å². The van der Waals surface area contributed by atoms with Crippen molar-refractivity contribution in [3.8, 4) is 0 Å². The van der Waals surface area contributed by atoms with Gasteiger partial charge in [0.25, 0.3) is 0 Å². The van der Waals surface area contributed by atoms with Crippen LogP contribution in [0.5, 0.6) is 0 Å². The Labute approximate surface area is 115 Å². The Morgan fingerprint density at radius 3 is 3.15 bits per heavy atom. The third kappa shape index (κ3) is 1.65. The summed E-state index contributed by atoms with van der Waals surface area (Å²) in [4.78, 5) is 16.0. The van der Waals surface area contributed by atoms with Gasteiger partial charge in [0, 0.05) is 18.8 Å². The highest BCUT2D eigenvalue weighted by Gasteiger charge is 2.47. The number of hydrogen-bond donors (Lipinski definition) is 2. The van der Waals surface area contributed by atoms with Gasteiger partial charge in [0.15, 0.2) is 5.82 Å². The Hall–Kier alpha value is -2.18. The van der Waals surface area contributed by atoms with E-state index in [1.165, 1.54) is 6.42 Å². The third-order valence-electron chi connectivity index (χ3n) is 4.49. The van der Waals surface area contributed by atoms with Gasteiger partial charge in [-0.3, -0.25) is 9.20 Å². The summed E-state index contributed by atoms with van der Waals surface area (Å²) in [6.45, 7) is 0. The fourth-order valence-corrected chi connectivity index (χ4v) is 3.25. The van der Waals surface area contributed by atoms with E-state index < -0.39 is 0 Å². The molecule has 2 fully saturated rings. The van der Waals surface area contributed by atoms with Gasteiger partial charge in [-0.25, -0.2) is 4.98 Å². The second kappa shape index (κ2) is 4.16. The van der Waals surface area contributed by atoms with Crippen LogP contribution in [0.15, 0.2) is 18.7 Å². The van der Waals surface area contributed by atoms with Crippen LogP contribution in [0.4, 0.5) is 5.82 Å². The smallest absolute Gasteiger partial charge is 0.220 e. The summed E-state index contributed by atoms with van der Waals surface area (Å²) in [5.41, 5.74) is 0.628. The first-order valence-electron chi connectivity index (χ1n) is 6.99. The molecule has 2 aromatic rings. The van der Waals surface area contributed by atoms with Crippen molar-refractivity contribution in [1.82, 2.24) is 24.9 Å². The van der Waals surface area contributed by atoms with E-state index in [4.69, 9.17) is 0 Å². The van der Waals surface area contributed by atoms with Gasteiger partial charge in [0.05, 0.1) is 11.6 Å². The highest BCUT2D eigenvalue weighted by Crippen LogP contribution is 2.40. The Kier molecular flexibility index (Phi) is 2.42. The molecule has 1 aliphatic carbocycles. The second-order valence-corrected chi connectivity index (χ2v) is 5.63. The zero-order valence-corrected chi connectivity index (χ0v) is 11.0. The van der Waals surface area contributed by atoms with Crippen molar-refractivity contribution < 1.29 is 4.79 Å². The van der Waals surface area contributed by atoms with Crippen molar-refractivity contribution in [2.24, 2.45) is 0 Å². The molecule has 2 aromatic heterocycles. The lowest BCUT2D eigenvalue weighted by Crippen LogP contribution is -2.66. The van der Waals surface area contributed by atoms with E-state index in [2.05, 4.69) is 25.8 Å². The topological polar surface area (TPSA) is 84.2 Å². The summed E-state index contributed by atoms with van der Waals surface area (Å²) in [6, 6.07) is 0.212. The number of anilines is 1. The number of fused-ring (bicyclic) bond motifs is 1. The monoisotopic (exact) mass is 272 g/mol. The number of aromatic nitrogens is 4. The summed E-state index contributed by atoms with van der Waals surface area (Å²) in [6.07, 6.45) is 9.84. The van der Waals surface area contributed by atoms with Crippen molar-refractivity contribution in [2.45, 2.75) is 43.7 Å². The first kappa shape index (κ1) is 11.6. The van der Waals surface area contributed by atoms with Gasteiger partial charge < -0.3 is 10.6 Å². The molecule has 1 saturated heterocycles. The summed E-state index contributed by atoms with van der Waals surface area (Å²) < 4.78 is 1.84. The van der Waals surface area contributed by atoms with Gasteiger partial charge in [-0.1, -0.05) is 0 Å². The molecule has 1 atom stereocenters. The van der Waals surface area contributed by atoms with Crippen LogP contribution in [-0.2, 0) is 4.79 Å². The molecule has 1 amide bonds. The first-order valence-corrected chi connectivity index (χ1v) is 6.99. The van der Waals surface area contributed by atoms with Crippen molar-refractivity contribution in [3.05, 3.63) is 18.7 Å². The Balaban J connectivity index is 1.64. The predicted octanol–water partition coefficient (Wildman–Crippen LogP) is 0.737. The number of hydrogen-bond acceptors (Lipinski definition) is 5. The molecule has 20 heavy (non-hydrogen) atoms. The maximum absolute atomic E-state index is 11.7. The maximum Gasteiger partial charge on any atom is 0.220 e. The molecule has 104 valence electrons. The van der Waals surface area contributed by atoms with Crippen LogP contribution in [0.2, 0.25) is 0 Å². The predicted molar refractivity (Wildman–Crippen MR) is 72.2 cm³/mol. The standard InChI is InChI=1S/C13H16N6O/c20-10-3-2-9(13(17-10)4-1-5-13)16-11-12-18-15-8-19(12)7-6-14-11/h6-9H,1-5H2,(H,14,16)(H,17,20). The largest absolute Gasteiger partial charge is 0.362 e. The minimum Gasteiger partial charge on any atom is -0.362 e. The average Bonchev–Trinajstić information content (AvgIpc) is 2.88. The van der Waals surface area contributed by atoms with Crippen molar-refractivity contribution >= 4 is 17.4 Å². The molecule has 1 unspecified atom stereocenters. The van der Waals surface area contributed by atoms with Crippen LogP contribution in [0, 0.1) is 0 Å². The molecular formula is C13H16N6O. The Morgan fingerprint density at radius 2 is 2.35 bits per heavy atom. The van der Waals surface area contributed by atoms with Gasteiger partial charge in [0.1, 0.15) is 6.33 Å². The molecule has 0 aromatic carbocycles. The molecule has 0 radical (unpaired) electrons. The van der Waals surface area contributed by atoms with E-state index in [1.54, 1.807) is 12.5 Å². The van der Waals surface area contributed by atoms with E-state index in [9.17, 15) is 4.79 Å². The molecule has 1 saturated carbocycles.